The molecule has 0 aliphatic heterocycles. The lowest BCUT2D eigenvalue weighted by atomic mass is 9.89. The molecule has 3 rings (SSSR count). The molecule has 0 aliphatic carbocycles. The molecule has 0 fully saturated rings. The molecule has 0 unspecified atom stereocenters. The van der Waals surface area contributed by atoms with E-state index in [0.717, 1.165) is 5.56 Å². The first-order valence-electron chi connectivity index (χ1n) is 11.2. The summed E-state index contributed by atoms with van der Waals surface area (Å²) in [6.45, 7) is 1.29. The molecule has 3 aromatic rings. The molecule has 0 aromatic heterocycles. The van der Waals surface area contributed by atoms with Crippen LogP contribution in [0.25, 0.3) is 0 Å². The Labute approximate surface area is 195 Å². The van der Waals surface area contributed by atoms with Gasteiger partial charge >= 0.3 is 5.97 Å². The first kappa shape index (κ1) is 24.4. The Bertz CT molecular complexity index is 918. The molecule has 3 aromatic carbocycles. The van der Waals surface area contributed by atoms with Crippen LogP contribution in [-0.2, 0) is 30.4 Å². The van der Waals surface area contributed by atoms with Gasteiger partial charge < -0.3 is 14.2 Å². The second-order valence-corrected chi connectivity index (χ2v) is 7.69. The molecular weight excluding hydrogens is 416 g/mol. The van der Waals surface area contributed by atoms with E-state index in [4.69, 9.17) is 14.2 Å². The van der Waals surface area contributed by atoms with Crippen molar-refractivity contribution in [3.05, 3.63) is 108 Å². The second kappa shape index (κ2) is 14.0. The lowest BCUT2D eigenvalue weighted by Crippen LogP contribution is -2.18. The van der Waals surface area contributed by atoms with Gasteiger partial charge in [-0.05, 0) is 23.1 Å². The van der Waals surface area contributed by atoms with Gasteiger partial charge in [-0.1, -0.05) is 91.0 Å². The summed E-state index contributed by atoms with van der Waals surface area (Å²) in [4.78, 5) is 24.1. The van der Waals surface area contributed by atoms with Crippen molar-refractivity contribution in [3.63, 3.8) is 0 Å². The maximum atomic E-state index is 12.1. The van der Waals surface area contributed by atoms with Crippen LogP contribution in [0.3, 0.4) is 0 Å². The van der Waals surface area contributed by atoms with Crippen LogP contribution >= 0.6 is 0 Å². The number of carbonyl (C=O) groups is 2. The number of ether oxygens (including phenoxy) is 3. The Morgan fingerprint density at radius 1 is 0.667 bits per heavy atom. The minimum absolute atomic E-state index is 0.120. The minimum Gasteiger partial charge on any atom is -0.465 e. The van der Waals surface area contributed by atoms with Gasteiger partial charge in [-0.3, -0.25) is 9.59 Å². The van der Waals surface area contributed by atoms with Crippen LogP contribution in [0.2, 0.25) is 0 Å². The molecule has 0 aliphatic rings. The predicted molar refractivity (Wildman–Crippen MR) is 127 cm³/mol. The molecule has 0 saturated carbocycles. The molecule has 172 valence electrons. The fourth-order valence-corrected chi connectivity index (χ4v) is 3.52. The number of ketones is 1. The fourth-order valence-electron chi connectivity index (χ4n) is 3.52. The van der Waals surface area contributed by atoms with Crippen molar-refractivity contribution in [3.8, 4) is 0 Å². The Kier molecular flexibility index (Phi) is 10.3. The van der Waals surface area contributed by atoms with Gasteiger partial charge in [0.05, 0.1) is 26.4 Å². The number of hydrogen-bond donors (Lipinski definition) is 0. The van der Waals surface area contributed by atoms with Gasteiger partial charge in [-0.25, -0.2) is 0 Å². The fraction of sp³-hybridized carbons (Fsp3) is 0.286. The molecular formula is C28H30O5. The average molecular weight is 447 g/mol. The van der Waals surface area contributed by atoms with E-state index < -0.39 is 5.97 Å². The van der Waals surface area contributed by atoms with Gasteiger partial charge in [0.15, 0.2) is 5.78 Å². The van der Waals surface area contributed by atoms with Crippen molar-refractivity contribution in [2.45, 2.75) is 25.4 Å². The largest absolute Gasteiger partial charge is 0.465 e. The molecule has 0 atom stereocenters. The lowest BCUT2D eigenvalue weighted by Gasteiger charge is -2.18. The van der Waals surface area contributed by atoms with Crippen molar-refractivity contribution in [1.82, 2.24) is 0 Å². The molecule has 0 radical (unpaired) electrons. The van der Waals surface area contributed by atoms with E-state index >= 15 is 0 Å². The summed E-state index contributed by atoms with van der Waals surface area (Å²) in [5.74, 6) is -0.704. The SMILES string of the molecule is O=C(COCCOCc1ccccc1)CC(=O)OCCC(c1ccccc1)c1ccccc1. The average Bonchev–Trinajstić information content (AvgIpc) is 2.85. The number of carbonyl (C=O) groups excluding carboxylic acids is 2. The smallest absolute Gasteiger partial charge is 0.313 e. The van der Waals surface area contributed by atoms with Gasteiger partial charge in [0.1, 0.15) is 13.0 Å². The van der Waals surface area contributed by atoms with Crippen LogP contribution in [0.1, 0.15) is 35.4 Å². The van der Waals surface area contributed by atoms with E-state index in [-0.39, 0.29) is 31.3 Å². The molecule has 0 heterocycles. The van der Waals surface area contributed by atoms with E-state index in [2.05, 4.69) is 24.3 Å². The molecule has 0 saturated heterocycles. The zero-order chi connectivity index (χ0) is 23.1. The zero-order valence-corrected chi connectivity index (χ0v) is 18.7. The van der Waals surface area contributed by atoms with Crippen LogP contribution in [0.15, 0.2) is 91.0 Å². The maximum absolute atomic E-state index is 12.1. The van der Waals surface area contributed by atoms with Gasteiger partial charge in [0, 0.05) is 5.92 Å². The van der Waals surface area contributed by atoms with Gasteiger partial charge in [0.25, 0.3) is 0 Å². The number of Topliss-reactive ketones (excluding diaryl/α,β-unsaturated/α-hetero) is 1. The predicted octanol–water partition coefficient (Wildman–Crippen LogP) is 4.94. The summed E-state index contributed by atoms with van der Waals surface area (Å²) in [7, 11) is 0. The van der Waals surface area contributed by atoms with Crippen LogP contribution in [-0.4, -0.2) is 38.2 Å². The highest BCUT2D eigenvalue weighted by Gasteiger charge is 2.16. The quantitative estimate of drug-likeness (QED) is 0.199. The van der Waals surface area contributed by atoms with Gasteiger partial charge in [0.2, 0.25) is 0 Å². The Morgan fingerprint density at radius 3 is 1.82 bits per heavy atom. The highest BCUT2D eigenvalue weighted by molar-refractivity contribution is 5.96. The number of rotatable bonds is 14. The normalized spacial score (nSPS) is 10.8. The molecule has 0 amide bonds. The monoisotopic (exact) mass is 446 g/mol. The van der Waals surface area contributed by atoms with Gasteiger partial charge in [-0.15, -0.1) is 0 Å². The van der Waals surface area contributed by atoms with Crippen molar-refractivity contribution < 1.29 is 23.8 Å². The van der Waals surface area contributed by atoms with E-state index in [1.807, 2.05) is 66.7 Å². The summed E-state index contributed by atoms with van der Waals surface area (Å²) in [6.07, 6.45) is 0.357. The first-order chi connectivity index (χ1) is 16.2. The third-order valence-electron chi connectivity index (χ3n) is 5.16. The third kappa shape index (κ3) is 9.00. The highest BCUT2D eigenvalue weighted by Crippen LogP contribution is 2.27. The standard InChI is InChI=1S/C28H30O5/c29-26(22-32-19-18-31-21-23-10-4-1-5-11-23)20-28(30)33-17-16-27(24-12-6-2-7-13-24)25-14-8-3-9-15-25/h1-15,27H,16-22H2. The Hall–Kier alpha value is -3.28. The van der Waals surface area contributed by atoms with Crippen molar-refractivity contribution in [2.24, 2.45) is 0 Å². The van der Waals surface area contributed by atoms with E-state index in [1.54, 1.807) is 0 Å². The third-order valence-corrected chi connectivity index (χ3v) is 5.16. The molecule has 0 spiro atoms. The summed E-state index contributed by atoms with van der Waals surface area (Å²) in [6, 6.07) is 30.1. The van der Waals surface area contributed by atoms with Crippen LogP contribution in [0.5, 0.6) is 0 Å². The van der Waals surface area contributed by atoms with E-state index in [1.165, 1.54) is 11.1 Å². The Balaban J connectivity index is 1.32. The Morgan fingerprint density at radius 2 is 1.21 bits per heavy atom. The van der Waals surface area contributed by atoms with E-state index in [9.17, 15) is 9.59 Å². The minimum atomic E-state index is -0.524. The second-order valence-electron chi connectivity index (χ2n) is 7.69. The van der Waals surface area contributed by atoms with E-state index in [0.29, 0.717) is 26.2 Å². The summed E-state index contributed by atoms with van der Waals surface area (Å²) in [5.41, 5.74) is 3.41. The van der Waals surface area contributed by atoms with Crippen molar-refractivity contribution in [1.29, 1.82) is 0 Å². The van der Waals surface area contributed by atoms with Gasteiger partial charge in [-0.2, -0.15) is 0 Å². The van der Waals surface area contributed by atoms with Crippen LogP contribution < -0.4 is 0 Å². The summed E-state index contributed by atoms with van der Waals surface area (Å²) < 4.78 is 16.2. The number of hydrogen-bond acceptors (Lipinski definition) is 5. The van der Waals surface area contributed by atoms with Crippen molar-refractivity contribution in [2.75, 3.05) is 26.4 Å². The topological polar surface area (TPSA) is 61.8 Å². The molecule has 5 heteroatoms. The molecule has 5 nitrogen and oxygen atoms in total. The molecule has 0 N–H and O–H groups in total. The zero-order valence-electron chi connectivity index (χ0n) is 18.7. The lowest BCUT2D eigenvalue weighted by molar-refractivity contribution is -0.147. The van der Waals surface area contributed by atoms with Crippen molar-refractivity contribution >= 4 is 11.8 Å². The number of esters is 1. The molecule has 0 bridgehead atoms. The first-order valence-corrected chi connectivity index (χ1v) is 11.2. The number of benzene rings is 3. The summed E-state index contributed by atoms with van der Waals surface area (Å²) >= 11 is 0. The summed E-state index contributed by atoms with van der Waals surface area (Å²) in [5, 5.41) is 0. The van der Waals surface area contributed by atoms with Crippen LogP contribution in [0.4, 0.5) is 0 Å². The molecule has 33 heavy (non-hydrogen) atoms. The van der Waals surface area contributed by atoms with Crippen LogP contribution in [0, 0.1) is 0 Å². The maximum Gasteiger partial charge on any atom is 0.313 e. The highest BCUT2D eigenvalue weighted by atomic mass is 16.5.